The van der Waals surface area contributed by atoms with E-state index in [0.29, 0.717) is 6.54 Å². The molecule has 0 spiro atoms. The molecule has 166 valence electrons. The molecule has 0 aromatic heterocycles. The molecule has 2 heterocycles. The van der Waals surface area contributed by atoms with Gasteiger partial charge >= 0.3 is 0 Å². The molecule has 6 nitrogen and oxygen atoms in total. The first kappa shape index (κ1) is 21.7. The second kappa shape index (κ2) is 9.71. The van der Waals surface area contributed by atoms with E-state index in [4.69, 9.17) is 4.74 Å². The third-order valence-corrected chi connectivity index (χ3v) is 6.54. The van der Waals surface area contributed by atoms with Crippen LogP contribution in [0.15, 0.2) is 42.5 Å². The number of hydrogen-bond acceptors (Lipinski definition) is 5. The Labute approximate surface area is 185 Å². The number of nitrogens with zero attached hydrogens (tertiary/aromatic N) is 3. The molecule has 0 bridgehead atoms. The van der Waals surface area contributed by atoms with Crippen molar-refractivity contribution in [3.8, 4) is 5.75 Å². The van der Waals surface area contributed by atoms with Crippen LogP contribution in [0.4, 0.5) is 5.69 Å². The lowest BCUT2D eigenvalue weighted by Crippen LogP contribution is -2.48. The van der Waals surface area contributed by atoms with Gasteiger partial charge in [-0.2, -0.15) is 0 Å². The number of piperazine rings is 1. The lowest BCUT2D eigenvalue weighted by atomic mass is 10.00. The number of ether oxygens (including phenoxy) is 1. The maximum Gasteiger partial charge on any atom is 0.258 e. The summed E-state index contributed by atoms with van der Waals surface area (Å²) in [6.07, 6.45) is 1.09. The van der Waals surface area contributed by atoms with E-state index in [1.54, 1.807) is 0 Å². The third-order valence-electron chi connectivity index (χ3n) is 6.54. The van der Waals surface area contributed by atoms with E-state index in [9.17, 15) is 4.79 Å². The number of carbonyl (C=O) groups is 1. The minimum Gasteiger partial charge on any atom is -0.484 e. The van der Waals surface area contributed by atoms with Crippen molar-refractivity contribution in [1.29, 1.82) is 0 Å². The molecule has 6 heteroatoms. The molecule has 1 saturated heterocycles. The first-order chi connectivity index (χ1) is 15.0. The Morgan fingerprint density at radius 2 is 1.84 bits per heavy atom. The molecular formula is C25H34N4O2. The van der Waals surface area contributed by atoms with Crippen molar-refractivity contribution < 1.29 is 9.53 Å². The molecule has 0 unspecified atom stereocenters. The molecule has 1 N–H and O–H groups in total. The van der Waals surface area contributed by atoms with Crippen LogP contribution < -0.4 is 15.0 Å². The molecule has 1 atom stereocenters. The molecule has 2 aromatic rings. The van der Waals surface area contributed by atoms with Gasteiger partial charge in [0.15, 0.2) is 6.61 Å². The molecule has 0 radical (unpaired) electrons. The normalized spacial score (nSPS) is 18.0. The molecule has 2 aliphatic rings. The van der Waals surface area contributed by atoms with Crippen molar-refractivity contribution >= 4 is 11.6 Å². The Morgan fingerprint density at radius 3 is 2.61 bits per heavy atom. The number of anilines is 1. The predicted octanol–water partition coefficient (Wildman–Crippen LogP) is 2.47. The van der Waals surface area contributed by atoms with Gasteiger partial charge in [-0.15, -0.1) is 0 Å². The smallest absolute Gasteiger partial charge is 0.258 e. The molecular weight excluding hydrogens is 388 g/mol. The summed E-state index contributed by atoms with van der Waals surface area (Å²) in [5.41, 5.74) is 5.07. The molecule has 31 heavy (non-hydrogen) atoms. The van der Waals surface area contributed by atoms with Gasteiger partial charge < -0.3 is 19.9 Å². The average Bonchev–Trinajstić information content (AvgIpc) is 3.15. The van der Waals surface area contributed by atoms with Crippen molar-refractivity contribution in [3.05, 3.63) is 59.2 Å². The number of aryl methyl sites for hydroxylation is 1. The number of amides is 1. The Morgan fingerprint density at radius 1 is 1.06 bits per heavy atom. The highest BCUT2D eigenvalue weighted by Gasteiger charge is 2.26. The number of carbonyl (C=O) groups excluding carboxylic acids is 1. The van der Waals surface area contributed by atoms with Crippen molar-refractivity contribution in [2.75, 3.05) is 64.9 Å². The van der Waals surface area contributed by atoms with Crippen molar-refractivity contribution in [2.45, 2.75) is 19.4 Å². The number of rotatable bonds is 7. The zero-order valence-corrected chi connectivity index (χ0v) is 18.9. The van der Waals surface area contributed by atoms with E-state index in [2.05, 4.69) is 52.3 Å². The zero-order valence-electron chi connectivity index (χ0n) is 18.9. The summed E-state index contributed by atoms with van der Waals surface area (Å²) in [5, 5.41) is 3.13. The lowest BCUT2D eigenvalue weighted by molar-refractivity contribution is -0.123. The fraction of sp³-hybridized carbons (Fsp3) is 0.480. The van der Waals surface area contributed by atoms with E-state index >= 15 is 0 Å². The largest absolute Gasteiger partial charge is 0.484 e. The molecule has 1 fully saturated rings. The first-order valence-corrected chi connectivity index (χ1v) is 11.2. The predicted molar refractivity (Wildman–Crippen MR) is 125 cm³/mol. The summed E-state index contributed by atoms with van der Waals surface area (Å²) >= 11 is 0. The lowest BCUT2D eigenvalue weighted by Gasteiger charge is -2.38. The van der Waals surface area contributed by atoms with Crippen LogP contribution in [0.5, 0.6) is 5.75 Å². The summed E-state index contributed by atoms with van der Waals surface area (Å²) in [4.78, 5) is 19.7. The van der Waals surface area contributed by atoms with E-state index in [1.165, 1.54) is 16.8 Å². The molecule has 0 aliphatic carbocycles. The van der Waals surface area contributed by atoms with Gasteiger partial charge in [-0.3, -0.25) is 9.69 Å². The van der Waals surface area contributed by atoms with Crippen molar-refractivity contribution in [1.82, 2.24) is 15.1 Å². The second-order valence-electron chi connectivity index (χ2n) is 8.77. The summed E-state index contributed by atoms with van der Waals surface area (Å²) in [5.74, 6) is 0.680. The van der Waals surface area contributed by atoms with Gasteiger partial charge in [0.1, 0.15) is 5.75 Å². The summed E-state index contributed by atoms with van der Waals surface area (Å²) in [7, 11) is 4.32. The summed E-state index contributed by atoms with van der Waals surface area (Å²) in [6, 6.07) is 14.8. The third kappa shape index (κ3) is 5.20. The van der Waals surface area contributed by atoms with Crippen LogP contribution in [-0.4, -0.2) is 75.7 Å². The van der Waals surface area contributed by atoms with Crippen LogP contribution in [-0.2, 0) is 11.2 Å². The zero-order chi connectivity index (χ0) is 21.8. The van der Waals surface area contributed by atoms with Crippen molar-refractivity contribution in [3.63, 3.8) is 0 Å². The summed E-state index contributed by atoms with van der Waals surface area (Å²) in [6.45, 7) is 7.81. The van der Waals surface area contributed by atoms with Gasteiger partial charge in [-0.1, -0.05) is 30.3 Å². The molecule has 4 rings (SSSR count). The number of hydrogen-bond donors (Lipinski definition) is 1. The minimum absolute atomic E-state index is 0.0370. The van der Waals surface area contributed by atoms with Gasteiger partial charge in [-0.25, -0.2) is 0 Å². The van der Waals surface area contributed by atoms with Crippen LogP contribution >= 0.6 is 0 Å². The van der Waals surface area contributed by atoms with Crippen LogP contribution in [0.1, 0.15) is 22.7 Å². The monoisotopic (exact) mass is 422 g/mol. The minimum atomic E-state index is -0.0803. The SMILES string of the molecule is Cc1ccccc1OCC(=O)NC[C@H](c1ccc2c(c1)CCN2C)N1CCN(C)CC1. The number of nitrogens with one attached hydrogen (secondary N) is 1. The first-order valence-electron chi connectivity index (χ1n) is 11.2. The number of para-hydroxylation sites is 1. The molecule has 1 amide bonds. The molecule has 0 saturated carbocycles. The number of fused-ring (bicyclic) bond motifs is 1. The average molecular weight is 423 g/mol. The Balaban J connectivity index is 1.42. The summed E-state index contributed by atoms with van der Waals surface area (Å²) < 4.78 is 5.73. The van der Waals surface area contributed by atoms with Gasteiger partial charge in [0.2, 0.25) is 0 Å². The fourth-order valence-electron chi connectivity index (χ4n) is 4.51. The van der Waals surface area contributed by atoms with Crippen LogP contribution in [0.3, 0.4) is 0 Å². The Bertz CT molecular complexity index is 908. The van der Waals surface area contributed by atoms with Crippen LogP contribution in [0.2, 0.25) is 0 Å². The van der Waals surface area contributed by atoms with Gasteiger partial charge in [-0.05, 0) is 49.2 Å². The Hall–Kier alpha value is -2.57. The standard InChI is InChI=1S/C25H34N4O2/c1-19-6-4-5-7-24(19)31-18-25(30)26-17-23(29-14-12-27(2)13-15-29)20-8-9-22-21(16-20)10-11-28(22)3/h4-9,16,23H,10-15,17-18H2,1-3H3,(H,26,30)/t23-/m1/s1. The van der Waals surface area contributed by atoms with Gasteiger partial charge in [0.05, 0.1) is 6.04 Å². The highest BCUT2D eigenvalue weighted by Crippen LogP contribution is 2.31. The van der Waals surface area contributed by atoms with E-state index < -0.39 is 0 Å². The van der Waals surface area contributed by atoms with Crippen molar-refractivity contribution in [2.24, 2.45) is 0 Å². The van der Waals surface area contributed by atoms with Crippen LogP contribution in [0.25, 0.3) is 0 Å². The number of likely N-dealkylation sites (N-methyl/N-ethyl adjacent to an activating group) is 2. The highest BCUT2D eigenvalue weighted by molar-refractivity contribution is 5.77. The Kier molecular flexibility index (Phi) is 6.78. The second-order valence-corrected chi connectivity index (χ2v) is 8.77. The highest BCUT2D eigenvalue weighted by atomic mass is 16.5. The topological polar surface area (TPSA) is 48.1 Å². The number of benzene rings is 2. The van der Waals surface area contributed by atoms with Gasteiger partial charge in [0.25, 0.3) is 5.91 Å². The van der Waals surface area contributed by atoms with E-state index in [-0.39, 0.29) is 18.6 Å². The maximum absolute atomic E-state index is 12.6. The van der Waals surface area contributed by atoms with Gasteiger partial charge in [0, 0.05) is 52.0 Å². The molecule has 2 aliphatic heterocycles. The quantitative estimate of drug-likeness (QED) is 0.743. The molecule has 2 aromatic carbocycles. The van der Waals surface area contributed by atoms with E-state index in [0.717, 1.165) is 50.5 Å². The van der Waals surface area contributed by atoms with E-state index in [1.807, 2.05) is 31.2 Å². The maximum atomic E-state index is 12.6. The fourth-order valence-corrected chi connectivity index (χ4v) is 4.51. The van der Waals surface area contributed by atoms with Crippen LogP contribution in [0, 0.1) is 6.92 Å².